The molecule has 0 bridgehead atoms. The van der Waals surface area contributed by atoms with Gasteiger partial charge in [-0.3, -0.25) is 0 Å². The lowest BCUT2D eigenvalue weighted by Crippen LogP contribution is -2.44. The van der Waals surface area contributed by atoms with Crippen LogP contribution in [-0.4, -0.2) is 51.9 Å². The Balaban J connectivity index is 2.58. The molecule has 1 heterocycles. The molecule has 0 N–H and O–H groups in total. The zero-order valence-corrected chi connectivity index (χ0v) is 11.7. The first-order valence-electron chi connectivity index (χ1n) is 6.31. The second kappa shape index (κ2) is 9.37. The molecule has 112 valence electrons. The highest BCUT2D eigenvalue weighted by Gasteiger charge is 2.34. The van der Waals surface area contributed by atoms with E-state index in [1.807, 2.05) is 0 Å². The highest BCUT2D eigenvalue weighted by Crippen LogP contribution is 2.22. The van der Waals surface area contributed by atoms with E-state index in [2.05, 4.69) is 10.7 Å². The fourth-order valence-electron chi connectivity index (χ4n) is 1.85. The first kappa shape index (κ1) is 16.5. The van der Waals surface area contributed by atoms with Crippen molar-refractivity contribution in [2.45, 2.75) is 31.2 Å². The number of hydrogen-bond acceptors (Lipinski definition) is 6. The van der Waals surface area contributed by atoms with Gasteiger partial charge in [-0.1, -0.05) is 5.92 Å². The minimum absolute atomic E-state index is 0.0828. The van der Waals surface area contributed by atoms with Gasteiger partial charge in [-0.2, -0.15) is 0 Å². The van der Waals surface area contributed by atoms with Crippen LogP contribution >= 0.6 is 0 Å². The van der Waals surface area contributed by atoms with Crippen molar-refractivity contribution in [3.8, 4) is 12.3 Å². The lowest BCUT2D eigenvalue weighted by molar-refractivity contribution is -0.156. The van der Waals surface area contributed by atoms with Crippen molar-refractivity contribution >= 4 is 5.97 Å². The Morgan fingerprint density at radius 1 is 1.55 bits per heavy atom. The van der Waals surface area contributed by atoms with Crippen LogP contribution in [0.3, 0.4) is 0 Å². The third-order valence-corrected chi connectivity index (χ3v) is 2.80. The van der Waals surface area contributed by atoms with Crippen molar-refractivity contribution in [3.63, 3.8) is 0 Å². The monoisotopic (exact) mass is 284 g/mol. The van der Waals surface area contributed by atoms with Crippen LogP contribution < -0.4 is 0 Å². The summed E-state index contributed by atoms with van der Waals surface area (Å²) in [6.07, 6.45) is 8.33. The van der Waals surface area contributed by atoms with Crippen LogP contribution in [0.1, 0.15) is 12.8 Å². The van der Waals surface area contributed by atoms with Gasteiger partial charge >= 0.3 is 5.97 Å². The number of methoxy groups -OCH3 is 2. The van der Waals surface area contributed by atoms with Crippen molar-refractivity contribution in [1.82, 2.24) is 0 Å². The maximum atomic E-state index is 11.0. The van der Waals surface area contributed by atoms with Crippen LogP contribution in [0, 0.1) is 12.3 Å². The van der Waals surface area contributed by atoms with E-state index in [1.54, 1.807) is 0 Å². The molecule has 0 aromatic carbocycles. The van der Waals surface area contributed by atoms with E-state index in [9.17, 15) is 4.79 Å². The zero-order valence-electron chi connectivity index (χ0n) is 11.7. The summed E-state index contributed by atoms with van der Waals surface area (Å²) >= 11 is 0. The molecule has 3 atom stereocenters. The molecule has 0 saturated carbocycles. The predicted molar refractivity (Wildman–Crippen MR) is 70.6 cm³/mol. The predicted octanol–water partition coefficient (Wildman–Crippen LogP) is 0.860. The molecule has 1 rings (SSSR count). The Morgan fingerprint density at radius 3 is 3.00 bits per heavy atom. The summed E-state index contributed by atoms with van der Waals surface area (Å²) in [5.74, 6) is 2.04. The minimum atomic E-state index is -0.563. The fourth-order valence-corrected chi connectivity index (χ4v) is 1.85. The Hall–Kier alpha value is -1.55. The van der Waals surface area contributed by atoms with Gasteiger partial charge in [0.1, 0.15) is 25.1 Å². The summed E-state index contributed by atoms with van der Waals surface area (Å²) in [6.45, 7) is 0.680. The first-order chi connectivity index (χ1) is 9.72. The summed E-state index contributed by atoms with van der Waals surface area (Å²) < 4.78 is 25.8. The van der Waals surface area contributed by atoms with E-state index in [1.165, 1.54) is 26.6 Å². The Kier molecular flexibility index (Phi) is 7.73. The van der Waals surface area contributed by atoms with Crippen LogP contribution in [0.5, 0.6) is 0 Å². The van der Waals surface area contributed by atoms with E-state index in [0.29, 0.717) is 6.61 Å². The standard InChI is InChI=1S/C14H20O6/c1-4-11(20-10-16-2)14-12(6-5-8-19-14)18-9-7-13(15)17-3/h1,7,9,11-12,14H,5-6,8,10H2,2-3H3/b9-7+/t11-,12-,14+/m0/s1. The number of esters is 1. The lowest BCUT2D eigenvalue weighted by atomic mass is 10.0. The average Bonchev–Trinajstić information content (AvgIpc) is 2.49. The molecule has 0 unspecified atom stereocenters. The summed E-state index contributed by atoms with van der Waals surface area (Å²) in [5.41, 5.74) is 0. The SMILES string of the molecule is C#C[C@H](OCOC)[C@H]1OCCC[C@@H]1O/C=C/C(=O)OC. The number of hydrogen-bond donors (Lipinski definition) is 0. The molecule has 1 saturated heterocycles. The third kappa shape index (κ3) is 5.21. The van der Waals surface area contributed by atoms with Crippen molar-refractivity contribution in [3.05, 3.63) is 12.3 Å². The lowest BCUT2D eigenvalue weighted by Gasteiger charge is -2.33. The first-order valence-corrected chi connectivity index (χ1v) is 6.31. The molecule has 20 heavy (non-hydrogen) atoms. The minimum Gasteiger partial charge on any atom is -0.495 e. The largest absolute Gasteiger partial charge is 0.495 e. The molecule has 0 aromatic rings. The number of carbonyl (C=O) groups is 1. The average molecular weight is 284 g/mol. The van der Waals surface area contributed by atoms with Gasteiger partial charge in [0, 0.05) is 13.7 Å². The van der Waals surface area contributed by atoms with Gasteiger partial charge in [-0.15, -0.1) is 6.42 Å². The Bertz CT molecular complexity index is 359. The molecule has 1 aliphatic rings. The van der Waals surface area contributed by atoms with E-state index < -0.39 is 18.2 Å². The summed E-state index contributed by atoms with van der Waals surface area (Å²) in [4.78, 5) is 11.0. The van der Waals surface area contributed by atoms with Crippen LogP contribution in [-0.2, 0) is 28.5 Å². The molecule has 1 aliphatic heterocycles. The number of carbonyl (C=O) groups excluding carboxylic acids is 1. The van der Waals surface area contributed by atoms with Crippen molar-refractivity contribution < 1.29 is 28.5 Å². The van der Waals surface area contributed by atoms with E-state index >= 15 is 0 Å². The van der Waals surface area contributed by atoms with Crippen LogP contribution in [0.4, 0.5) is 0 Å². The van der Waals surface area contributed by atoms with E-state index in [-0.39, 0.29) is 12.9 Å². The number of ether oxygens (including phenoxy) is 5. The zero-order chi connectivity index (χ0) is 14.8. The molecule has 0 aliphatic carbocycles. The smallest absolute Gasteiger partial charge is 0.333 e. The maximum absolute atomic E-state index is 11.0. The van der Waals surface area contributed by atoms with Crippen molar-refractivity contribution in [2.24, 2.45) is 0 Å². The third-order valence-electron chi connectivity index (χ3n) is 2.80. The van der Waals surface area contributed by atoms with Gasteiger partial charge in [0.05, 0.1) is 19.4 Å². The van der Waals surface area contributed by atoms with Gasteiger partial charge in [-0.05, 0) is 12.8 Å². The Labute approximate surface area is 119 Å². The topological polar surface area (TPSA) is 63.2 Å². The molecule has 0 spiro atoms. The van der Waals surface area contributed by atoms with Gasteiger partial charge in [0.2, 0.25) is 0 Å². The van der Waals surface area contributed by atoms with Crippen LogP contribution in [0.15, 0.2) is 12.3 Å². The summed E-state index contributed by atoms with van der Waals surface area (Å²) in [7, 11) is 2.81. The molecule has 6 heteroatoms. The van der Waals surface area contributed by atoms with Crippen molar-refractivity contribution in [1.29, 1.82) is 0 Å². The molecule has 1 fully saturated rings. The number of terminal acetylenes is 1. The molecule has 0 amide bonds. The van der Waals surface area contributed by atoms with Gasteiger partial charge in [-0.25, -0.2) is 4.79 Å². The quantitative estimate of drug-likeness (QED) is 0.227. The summed E-state index contributed by atoms with van der Waals surface area (Å²) in [5, 5.41) is 0. The van der Waals surface area contributed by atoms with Crippen molar-refractivity contribution in [2.75, 3.05) is 27.6 Å². The molecule has 0 radical (unpaired) electrons. The normalized spacial score (nSPS) is 24.1. The highest BCUT2D eigenvalue weighted by molar-refractivity contribution is 5.81. The highest BCUT2D eigenvalue weighted by atomic mass is 16.7. The molecule has 0 aromatic heterocycles. The van der Waals surface area contributed by atoms with Gasteiger partial charge in [0.25, 0.3) is 0 Å². The second-order valence-electron chi connectivity index (χ2n) is 4.14. The maximum Gasteiger partial charge on any atom is 0.333 e. The number of rotatable bonds is 7. The van der Waals surface area contributed by atoms with Gasteiger partial charge in [0.15, 0.2) is 0 Å². The second-order valence-corrected chi connectivity index (χ2v) is 4.14. The Morgan fingerprint density at radius 2 is 2.35 bits per heavy atom. The van der Waals surface area contributed by atoms with Crippen LogP contribution in [0.25, 0.3) is 0 Å². The molecular weight excluding hydrogens is 264 g/mol. The summed E-state index contributed by atoms with van der Waals surface area (Å²) in [6, 6.07) is 0. The molecular formula is C14H20O6. The van der Waals surface area contributed by atoms with Crippen LogP contribution in [0.2, 0.25) is 0 Å². The fraction of sp³-hybridized carbons (Fsp3) is 0.643. The molecule has 6 nitrogen and oxygen atoms in total. The van der Waals surface area contributed by atoms with E-state index in [4.69, 9.17) is 25.4 Å². The van der Waals surface area contributed by atoms with E-state index in [0.717, 1.165) is 12.8 Å². The van der Waals surface area contributed by atoms with Gasteiger partial charge < -0.3 is 23.7 Å².